The van der Waals surface area contributed by atoms with E-state index in [0.29, 0.717) is 11.5 Å². The molecule has 0 saturated heterocycles. The van der Waals surface area contributed by atoms with Gasteiger partial charge in [0.05, 0.1) is 11.6 Å². The minimum Gasteiger partial charge on any atom is -0.192 e. The molecule has 0 spiro atoms. The smallest absolute Gasteiger partial charge is 0.0991 e. The van der Waals surface area contributed by atoms with Gasteiger partial charge in [0.25, 0.3) is 0 Å². The van der Waals surface area contributed by atoms with E-state index in [9.17, 15) is 0 Å². The first-order valence-electron chi connectivity index (χ1n) is 3.57. The Morgan fingerprint density at radius 1 is 1.36 bits per heavy atom. The molecule has 1 nitrogen and oxygen atoms in total. The van der Waals surface area contributed by atoms with Crippen molar-refractivity contribution in [3.05, 3.63) is 42.3 Å². The third-order valence-corrected chi connectivity index (χ3v) is 1.61. The van der Waals surface area contributed by atoms with Crippen LogP contribution in [0.4, 0.5) is 0 Å². The summed E-state index contributed by atoms with van der Waals surface area (Å²) in [7, 11) is 0. The second kappa shape index (κ2) is 3.21. The zero-order valence-electron chi connectivity index (χ0n) is 6.54. The largest absolute Gasteiger partial charge is 0.192 e. The Bertz CT molecular complexity index is 264. The molecular weight excluding hydrogens is 134 g/mol. The fraction of sp³-hybridized carbons (Fsp3) is 0.200. The lowest BCUT2D eigenvalue weighted by Crippen LogP contribution is -1.86. The van der Waals surface area contributed by atoms with Gasteiger partial charge in [0.2, 0.25) is 0 Å². The molecule has 55 valence electrons. The van der Waals surface area contributed by atoms with Crippen LogP contribution in [0.25, 0.3) is 0 Å². The highest BCUT2D eigenvalue weighted by molar-refractivity contribution is 5.33. The molecule has 1 radical (unpaired) electrons. The van der Waals surface area contributed by atoms with Crippen LogP contribution in [0.3, 0.4) is 0 Å². The molecule has 0 aliphatic heterocycles. The predicted octanol–water partition coefficient (Wildman–Crippen LogP) is 2.50. The summed E-state index contributed by atoms with van der Waals surface area (Å²) >= 11 is 0. The van der Waals surface area contributed by atoms with Crippen molar-refractivity contribution in [2.24, 2.45) is 0 Å². The molecule has 0 aliphatic rings. The van der Waals surface area contributed by atoms with Crippen molar-refractivity contribution in [1.29, 1.82) is 5.26 Å². The lowest BCUT2D eigenvalue weighted by Gasteiger charge is -2.02. The Hall–Kier alpha value is -1.29. The molecule has 1 rings (SSSR count). The Morgan fingerprint density at radius 2 is 1.91 bits per heavy atom. The van der Waals surface area contributed by atoms with E-state index in [-0.39, 0.29) is 0 Å². The third kappa shape index (κ3) is 1.81. The Labute approximate surface area is 67.3 Å². The van der Waals surface area contributed by atoms with E-state index in [2.05, 4.69) is 13.0 Å². The lowest BCUT2D eigenvalue weighted by atomic mass is 10.0. The number of hydrogen-bond donors (Lipinski definition) is 0. The number of nitrogens with zero attached hydrogens (tertiary/aromatic N) is 1. The zero-order valence-corrected chi connectivity index (χ0v) is 6.54. The monoisotopic (exact) mass is 144 g/mol. The van der Waals surface area contributed by atoms with Crippen LogP contribution in [-0.4, -0.2) is 0 Å². The molecule has 1 aromatic carbocycles. The first kappa shape index (κ1) is 7.81. The first-order chi connectivity index (χ1) is 5.24. The average molecular weight is 144 g/mol. The van der Waals surface area contributed by atoms with Gasteiger partial charge < -0.3 is 0 Å². The van der Waals surface area contributed by atoms with Crippen LogP contribution in [0.2, 0.25) is 0 Å². The molecule has 0 saturated carbocycles. The van der Waals surface area contributed by atoms with Crippen molar-refractivity contribution in [1.82, 2.24) is 0 Å². The highest BCUT2D eigenvalue weighted by Crippen LogP contribution is 2.13. The van der Waals surface area contributed by atoms with Gasteiger partial charge in [-0.05, 0) is 30.5 Å². The van der Waals surface area contributed by atoms with Crippen LogP contribution in [0.1, 0.15) is 24.0 Å². The molecule has 0 aromatic heterocycles. The molecule has 1 aromatic rings. The average Bonchev–Trinajstić information content (AvgIpc) is 2.05. The molecule has 0 fully saturated rings. The Kier molecular flexibility index (Phi) is 2.28. The molecule has 0 N–H and O–H groups in total. The molecule has 1 atom stereocenters. The summed E-state index contributed by atoms with van der Waals surface area (Å²) in [6.45, 7) is 5.91. The van der Waals surface area contributed by atoms with Gasteiger partial charge >= 0.3 is 0 Å². The van der Waals surface area contributed by atoms with Crippen molar-refractivity contribution in [2.75, 3.05) is 0 Å². The van der Waals surface area contributed by atoms with Gasteiger partial charge in [0.15, 0.2) is 0 Å². The summed E-state index contributed by atoms with van der Waals surface area (Å²) in [6.07, 6.45) is 0. The van der Waals surface area contributed by atoms with E-state index in [1.54, 1.807) is 0 Å². The number of benzene rings is 1. The van der Waals surface area contributed by atoms with E-state index in [0.717, 1.165) is 0 Å². The molecule has 0 bridgehead atoms. The minimum absolute atomic E-state index is 0.294. The quantitative estimate of drug-likeness (QED) is 0.594. The van der Waals surface area contributed by atoms with E-state index < -0.39 is 0 Å². The normalized spacial score (nSPS) is 9.64. The topological polar surface area (TPSA) is 23.8 Å². The van der Waals surface area contributed by atoms with E-state index >= 15 is 0 Å². The number of rotatable bonds is 1. The maximum Gasteiger partial charge on any atom is 0.0991 e. The Morgan fingerprint density at radius 3 is 2.27 bits per heavy atom. The van der Waals surface area contributed by atoms with E-state index in [1.807, 2.05) is 31.2 Å². The summed E-state index contributed by atoms with van der Waals surface area (Å²) in [5.74, 6) is 0.294. The van der Waals surface area contributed by atoms with Gasteiger partial charge in [0, 0.05) is 0 Å². The number of nitriles is 1. The third-order valence-electron chi connectivity index (χ3n) is 1.61. The van der Waals surface area contributed by atoms with Crippen LogP contribution in [0, 0.1) is 18.3 Å². The molecule has 0 aliphatic carbocycles. The van der Waals surface area contributed by atoms with Gasteiger partial charge in [0.1, 0.15) is 0 Å². The molecule has 1 heteroatoms. The summed E-state index contributed by atoms with van der Waals surface area (Å²) in [5.41, 5.74) is 1.87. The van der Waals surface area contributed by atoms with Gasteiger partial charge in [-0.15, -0.1) is 0 Å². The van der Waals surface area contributed by atoms with Crippen molar-refractivity contribution < 1.29 is 0 Å². The maximum atomic E-state index is 8.50. The van der Waals surface area contributed by atoms with Gasteiger partial charge in [-0.3, -0.25) is 0 Å². The SMILES string of the molecule is [CH2]C(C)c1ccc(C#N)cc1. The fourth-order valence-corrected chi connectivity index (χ4v) is 0.886. The number of hydrogen-bond acceptors (Lipinski definition) is 1. The van der Waals surface area contributed by atoms with Gasteiger partial charge in [-0.25, -0.2) is 0 Å². The summed E-state index contributed by atoms with van der Waals surface area (Å²) < 4.78 is 0. The lowest BCUT2D eigenvalue weighted by molar-refractivity contribution is 0.964. The van der Waals surface area contributed by atoms with E-state index in [1.165, 1.54) is 5.56 Å². The molecular formula is C10H10N. The highest BCUT2D eigenvalue weighted by atomic mass is 14.2. The van der Waals surface area contributed by atoms with E-state index in [4.69, 9.17) is 5.26 Å². The predicted molar refractivity (Wildman–Crippen MR) is 44.9 cm³/mol. The van der Waals surface area contributed by atoms with Gasteiger partial charge in [-0.1, -0.05) is 19.1 Å². The van der Waals surface area contributed by atoms with Crippen molar-refractivity contribution >= 4 is 0 Å². The van der Waals surface area contributed by atoms with Gasteiger partial charge in [-0.2, -0.15) is 5.26 Å². The molecule has 11 heavy (non-hydrogen) atoms. The van der Waals surface area contributed by atoms with Crippen molar-refractivity contribution in [3.8, 4) is 6.07 Å². The zero-order chi connectivity index (χ0) is 8.27. The fourth-order valence-electron chi connectivity index (χ4n) is 0.886. The highest BCUT2D eigenvalue weighted by Gasteiger charge is 1.97. The Balaban J connectivity index is 2.94. The summed E-state index contributed by atoms with van der Waals surface area (Å²) in [6, 6.07) is 9.59. The van der Waals surface area contributed by atoms with Crippen LogP contribution >= 0.6 is 0 Å². The second-order valence-electron chi connectivity index (χ2n) is 2.63. The van der Waals surface area contributed by atoms with Crippen LogP contribution in [0.5, 0.6) is 0 Å². The van der Waals surface area contributed by atoms with Crippen molar-refractivity contribution in [2.45, 2.75) is 12.8 Å². The maximum absolute atomic E-state index is 8.50. The van der Waals surface area contributed by atoms with Crippen LogP contribution in [-0.2, 0) is 0 Å². The van der Waals surface area contributed by atoms with Crippen molar-refractivity contribution in [3.63, 3.8) is 0 Å². The first-order valence-corrected chi connectivity index (χ1v) is 3.57. The van der Waals surface area contributed by atoms with Crippen LogP contribution in [0.15, 0.2) is 24.3 Å². The summed E-state index contributed by atoms with van der Waals surface area (Å²) in [4.78, 5) is 0. The molecule has 1 unspecified atom stereocenters. The summed E-state index contributed by atoms with van der Waals surface area (Å²) in [5, 5.41) is 8.50. The van der Waals surface area contributed by atoms with Crippen LogP contribution < -0.4 is 0 Å². The molecule has 0 heterocycles. The second-order valence-corrected chi connectivity index (χ2v) is 2.63. The molecule has 0 amide bonds. The standard InChI is InChI=1S/C10H10N/c1-8(2)10-5-3-9(7-11)4-6-10/h3-6,8H,1H2,2H3. The minimum atomic E-state index is 0.294.